The monoisotopic (exact) mass is 527 g/mol. The fourth-order valence-corrected chi connectivity index (χ4v) is 2.47. The van der Waals surface area contributed by atoms with Crippen LogP contribution in [0.1, 0.15) is 74.7 Å². The number of carbonyl (C=O) groups excluding carboxylic acids is 2. The van der Waals surface area contributed by atoms with Gasteiger partial charge in [0.1, 0.15) is 5.60 Å². The molecule has 0 saturated heterocycles. The van der Waals surface area contributed by atoms with Crippen LogP contribution in [0.15, 0.2) is 4.99 Å². The Balaban J connectivity index is 0. The van der Waals surface area contributed by atoms with Gasteiger partial charge in [0.15, 0.2) is 5.96 Å². The number of aliphatic imine (C=N–C) groups is 1. The van der Waals surface area contributed by atoms with E-state index in [-0.39, 0.29) is 35.9 Å². The molecule has 172 valence electrons. The number of ether oxygens (including phenoxy) is 1. The van der Waals surface area contributed by atoms with Crippen LogP contribution in [0, 0.1) is 0 Å². The molecule has 29 heavy (non-hydrogen) atoms. The minimum atomic E-state index is -0.548. The molecule has 0 aromatic carbocycles. The van der Waals surface area contributed by atoms with Gasteiger partial charge in [0.25, 0.3) is 0 Å². The predicted octanol–water partition coefficient (Wildman–Crippen LogP) is 3.16. The molecule has 0 saturated carbocycles. The van der Waals surface area contributed by atoms with Gasteiger partial charge in [-0.05, 0) is 54.4 Å². The van der Waals surface area contributed by atoms with Crippen LogP contribution < -0.4 is 21.3 Å². The van der Waals surface area contributed by atoms with Gasteiger partial charge < -0.3 is 26.0 Å². The number of hydrogen-bond acceptors (Lipinski definition) is 4. The number of nitrogens with one attached hydrogen (secondary N) is 4. The van der Waals surface area contributed by atoms with Gasteiger partial charge in [-0.25, -0.2) is 4.79 Å². The standard InChI is InChI=1S/C20H41N5O3.HI/c1-9-20(10-2,25-18(27)28-19(6,7)8)14-23-17(21-11-3)22-13-12-16(26)24-15(4)5;/h15H,9-14H2,1-8H3,(H,24,26)(H,25,27)(H2,21,22,23);1H. The van der Waals surface area contributed by atoms with Crippen molar-refractivity contribution in [3.8, 4) is 0 Å². The highest BCUT2D eigenvalue weighted by atomic mass is 127. The molecule has 2 amide bonds. The van der Waals surface area contributed by atoms with Gasteiger partial charge >= 0.3 is 6.09 Å². The maximum atomic E-state index is 12.2. The number of alkyl carbamates (subject to hydrolysis) is 1. The van der Waals surface area contributed by atoms with Crippen molar-refractivity contribution in [1.82, 2.24) is 21.3 Å². The van der Waals surface area contributed by atoms with Crippen molar-refractivity contribution in [2.45, 2.75) is 91.8 Å². The van der Waals surface area contributed by atoms with E-state index in [2.05, 4.69) is 26.3 Å². The summed E-state index contributed by atoms with van der Waals surface area (Å²) in [7, 11) is 0. The van der Waals surface area contributed by atoms with Crippen LogP contribution >= 0.6 is 24.0 Å². The van der Waals surface area contributed by atoms with Crippen LogP contribution in [0.5, 0.6) is 0 Å². The van der Waals surface area contributed by atoms with E-state index in [1.54, 1.807) is 0 Å². The molecule has 0 bridgehead atoms. The molecule has 0 heterocycles. The zero-order chi connectivity index (χ0) is 21.8. The second kappa shape index (κ2) is 14.7. The molecular weight excluding hydrogens is 485 g/mol. The van der Waals surface area contributed by atoms with Crippen molar-refractivity contribution in [3.63, 3.8) is 0 Å². The Morgan fingerprint density at radius 3 is 2.07 bits per heavy atom. The van der Waals surface area contributed by atoms with E-state index in [9.17, 15) is 9.59 Å². The SMILES string of the molecule is CCNC(=NCC(CC)(CC)NC(=O)OC(C)(C)C)NCCC(=O)NC(C)C.I. The molecule has 0 atom stereocenters. The molecule has 0 spiro atoms. The lowest BCUT2D eigenvalue weighted by Crippen LogP contribution is -2.52. The van der Waals surface area contributed by atoms with E-state index < -0.39 is 17.2 Å². The lowest BCUT2D eigenvalue weighted by Gasteiger charge is -2.32. The second-order valence-corrected chi connectivity index (χ2v) is 8.21. The van der Waals surface area contributed by atoms with Gasteiger partial charge in [-0.1, -0.05) is 13.8 Å². The summed E-state index contributed by atoms with van der Waals surface area (Å²) in [6.45, 7) is 17.0. The molecule has 0 radical (unpaired) electrons. The Morgan fingerprint density at radius 1 is 1.03 bits per heavy atom. The van der Waals surface area contributed by atoms with Crippen molar-refractivity contribution in [2.24, 2.45) is 4.99 Å². The zero-order valence-corrected chi connectivity index (χ0v) is 21.7. The van der Waals surface area contributed by atoms with Crippen molar-refractivity contribution < 1.29 is 14.3 Å². The van der Waals surface area contributed by atoms with Crippen LogP contribution in [0.3, 0.4) is 0 Å². The minimum absolute atomic E-state index is 0. The third-order valence-electron chi connectivity index (χ3n) is 4.10. The Kier molecular flexibility index (Phi) is 15.2. The first kappa shape index (κ1) is 29.9. The molecule has 4 N–H and O–H groups in total. The largest absolute Gasteiger partial charge is 0.444 e. The fraction of sp³-hybridized carbons (Fsp3) is 0.850. The summed E-state index contributed by atoms with van der Waals surface area (Å²) in [6.07, 6.45) is 1.38. The summed E-state index contributed by atoms with van der Waals surface area (Å²) >= 11 is 0. The lowest BCUT2D eigenvalue weighted by molar-refractivity contribution is -0.121. The van der Waals surface area contributed by atoms with Crippen LogP contribution in [0.25, 0.3) is 0 Å². The third-order valence-corrected chi connectivity index (χ3v) is 4.10. The summed E-state index contributed by atoms with van der Waals surface area (Å²) in [5.41, 5.74) is -1.03. The van der Waals surface area contributed by atoms with Gasteiger partial charge in [0.2, 0.25) is 5.91 Å². The minimum Gasteiger partial charge on any atom is -0.444 e. The highest BCUT2D eigenvalue weighted by Crippen LogP contribution is 2.17. The smallest absolute Gasteiger partial charge is 0.408 e. The molecule has 0 aromatic rings. The molecular formula is C20H42IN5O3. The Morgan fingerprint density at radius 2 is 1.62 bits per heavy atom. The second-order valence-electron chi connectivity index (χ2n) is 8.21. The number of carbonyl (C=O) groups is 2. The van der Waals surface area contributed by atoms with Crippen molar-refractivity contribution in [2.75, 3.05) is 19.6 Å². The average molecular weight is 527 g/mol. The molecule has 0 unspecified atom stereocenters. The molecule has 0 aliphatic carbocycles. The highest BCUT2D eigenvalue weighted by molar-refractivity contribution is 14.0. The number of rotatable bonds is 10. The first-order chi connectivity index (χ1) is 13.0. The number of hydrogen-bond donors (Lipinski definition) is 4. The number of halogens is 1. The zero-order valence-electron chi connectivity index (χ0n) is 19.4. The van der Waals surface area contributed by atoms with Gasteiger partial charge in [-0.15, -0.1) is 24.0 Å². The summed E-state index contributed by atoms with van der Waals surface area (Å²) in [5.74, 6) is 0.624. The van der Waals surface area contributed by atoms with E-state index in [4.69, 9.17) is 4.74 Å². The molecule has 0 aromatic heterocycles. The maximum Gasteiger partial charge on any atom is 0.408 e. The summed E-state index contributed by atoms with van der Waals surface area (Å²) in [4.78, 5) is 28.6. The van der Waals surface area contributed by atoms with Crippen molar-refractivity contribution in [3.05, 3.63) is 0 Å². The van der Waals surface area contributed by atoms with E-state index in [1.165, 1.54) is 0 Å². The topological polar surface area (TPSA) is 104 Å². The van der Waals surface area contributed by atoms with Crippen LogP contribution in [0.4, 0.5) is 4.79 Å². The fourth-order valence-electron chi connectivity index (χ4n) is 2.47. The normalized spacial score (nSPS) is 12.1. The number of guanidine groups is 1. The molecule has 9 heteroatoms. The van der Waals surface area contributed by atoms with Gasteiger partial charge in [0.05, 0.1) is 12.1 Å². The average Bonchev–Trinajstić information content (AvgIpc) is 2.56. The Labute approximate surface area is 193 Å². The molecule has 0 aliphatic heterocycles. The van der Waals surface area contributed by atoms with E-state index >= 15 is 0 Å². The molecule has 0 rings (SSSR count). The number of nitrogens with zero attached hydrogens (tertiary/aromatic N) is 1. The highest BCUT2D eigenvalue weighted by Gasteiger charge is 2.30. The third kappa shape index (κ3) is 14.4. The van der Waals surface area contributed by atoms with E-state index in [0.29, 0.717) is 32.0 Å². The molecule has 0 fully saturated rings. The van der Waals surface area contributed by atoms with Gasteiger partial charge in [0, 0.05) is 25.6 Å². The first-order valence-electron chi connectivity index (χ1n) is 10.3. The Bertz CT molecular complexity index is 515. The van der Waals surface area contributed by atoms with E-state index in [1.807, 2.05) is 55.4 Å². The van der Waals surface area contributed by atoms with Crippen LogP contribution in [-0.2, 0) is 9.53 Å². The lowest BCUT2D eigenvalue weighted by atomic mass is 9.93. The van der Waals surface area contributed by atoms with Gasteiger partial charge in [-0.3, -0.25) is 9.79 Å². The summed E-state index contributed by atoms with van der Waals surface area (Å²) in [6, 6.07) is 0.128. The first-order valence-corrected chi connectivity index (χ1v) is 10.3. The molecule has 0 aliphatic rings. The quantitative estimate of drug-likeness (QED) is 0.199. The summed E-state index contributed by atoms with van der Waals surface area (Å²) < 4.78 is 5.40. The van der Waals surface area contributed by atoms with Crippen LogP contribution in [0.2, 0.25) is 0 Å². The summed E-state index contributed by atoms with van der Waals surface area (Å²) in [5, 5.41) is 12.2. The van der Waals surface area contributed by atoms with Crippen molar-refractivity contribution in [1.29, 1.82) is 0 Å². The van der Waals surface area contributed by atoms with Gasteiger partial charge in [-0.2, -0.15) is 0 Å². The maximum absolute atomic E-state index is 12.2. The predicted molar refractivity (Wildman–Crippen MR) is 130 cm³/mol. The number of amides is 2. The van der Waals surface area contributed by atoms with E-state index in [0.717, 1.165) is 12.8 Å². The molecule has 8 nitrogen and oxygen atoms in total. The Hall–Kier alpha value is -1.26. The van der Waals surface area contributed by atoms with Crippen LogP contribution in [-0.4, -0.2) is 54.8 Å². The van der Waals surface area contributed by atoms with Crippen molar-refractivity contribution >= 4 is 41.9 Å².